The highest BCUT2D eigenvalue weighted by molar-refractivity contribution is 5.90. The van der Waals surface area contributed by atoms with Gasteiger partial charge in [-0.05, 0) is 56.4 Å². The fourth-order valence-corrected chi connectivity index (χ4v) is 2.55. The summed E-state index contributed by atoms with van der Waals surface area (Å²) in [6.45, 7) is 4.84. The van der Waals surface area contributed by atoms with E-state index in [1.165, 1.54) is 12.1 Å². The summed E-state index contributed by atoms with van der Waals surface area (Å²) in [7, 11) is 0. The van der Waals surface area contributed by atoms with Gasteiger partial charge >= 0.3 is 6.03 Å². The third-order valence-corrected chi connectivity index (χ3v) is 3.94. The van der Waals surface area contributed by atoms with Crippen LogP contribution in [0.5, 0.6) is 0 Å². The molecule has 0 spiro atoms. The van der Waals surface area contributed by atoms with Crippen LogP contribution in [0.4, 0.5) is 14.9 Å². The van der Waals surface area contributed by atoms with Crippen molar-refractivity contribution in [3.8, 4) is 0 Å². The van der Waals surface area contributed by atoms with E-state index in [9.17, 15) is 14.3 Å². The Morgan fingerprint density at radius 2 is 2.10 bits per heavy atom. The number of anilines is 1. The van der Waals surface area contributed by atoms with Crippen molar-refractivity contribution in [2.75, 3.05) is 18.4 Å². The lowest BCUT2D eigenvalue weighted by Crippen LogP contribution is -2.42. The quantitative estimate of drug-likeness (QED) is 0.875. The minimum Gasteiger partial charge on any atom is -0.393 e. The number of hydrogen-bond acceptors (Lipinski definition) is 2. The number of aliphatic hydroxyl groups is 1. The van der Waals surface area contributed by atoms with Crippen LogP contribution >= 0.6 is 0 Å². The number of aliphatic hydroxyl groups excluding tert-OH is 1. The maximum absolute atomic E-state index is 13.0. The number of carbonyl (C=O) groups excluding carboxylic acids is 1. The van der Waals surface area contributed by atoms with E-state index in [2.05, 4.69) is 5.32 Å². The molecule has 1 aromatic rings. The van der Waals surface area contributed by atoms with Crippen LogP contribution in [0.3, 0.4) is 0 Å². The number of hydrogen-bond donors (Lipinski definition) is 2. The molecule has 5 heteroatoms. The molecule has 1 heterocycles. The van der Waals surface area contributed by atoms with Crippen LogP contribution < -0.4 is 5.32 Å². The Morgan fingerprint density at radius 1 is 1.45 bits per heavy atom. The van der Waals surface area contributed by atoms with Crippen molar-refractivity contribution in [3.05, 3.63) is 29.6 Å². The van der Waals surface area contributed by atoms with Crippen molar-refractivity contribution in [1.82, 2.24) is 4.90 Å². The van der Waals surface area contributed by atoms with Crippen molar-refractivity contribution in [3.63, 3.8) is 0 Å². The lowest BCUT2D eigenvalue weighted by molar-refractivity contribution is 0.0820. The molecule has 1 aliphatic heterocycles. The minimum absolute atomic E-state index is 0.163. The molecule has 2 rings (SSSR count). The lowest BCUT2D eigenvalue weighted by atomic mass is 9.92. The molecule has 0 radical (unpaired) electrons. The van der Waals surface area contributed by atoms with Gasteiger partial charge in [0.05, 0.1) is 6.10 Å². The summed E-state index contributed by atoms with van der Waals surface area (Å²) in [5.41, 5.74) is 1.34. The summed E-state index contributed by atoms with van der Waals surface area (Å²) in [6, 6.07) is 4.15. The molecule has 1 atom stereocenters. The first-order valence-electron chi connectivity index (χ1n) is 6.97. The van der Waals surface area contributed by atoms with E-state index in [0.717, 1.165) is 12.8 Å². The van der Waals surface area contributed by atoms with Crippen LogP contribution in [0, 0.1) is 18.7 Å². The van der Waals surface area contributed by atoms with Gasteiger partial charge in [0.25, 0.3) is 0 Å². The van der Waals surface area contributed by atoms with Gasteiger partial charge in [0.1, 0.15) is 5.82 Å². The molecule has 4 nitrogen and oxygen atoms in total. The Morgan fingerprint density at radius 3 is 2.65 bits per heavy atom. The molecule has 0 bridgehead atoms. The summed E-state index contributed by atoms with van der Waals surface area (Å²) >= 11 is 0. The first-order valence-corrected chi connectivity index (χ1v) is 6.97. The van der Waals surface area contributed by atoms with Crippen molar-refractivity contribution < 1.29 is 14.3 Å². The highest BCUT2D eigenvalue weighted by Gasteiger charge is 2.25. The van der Waals surface area contributed by atoms with Crippen LogP contribution in [0.2, 0.25) is 0 Å². The molecule has 1 saturated heterocycles. The number of nitrogens with zero attached hydrogens (tertiary/aromatic N) is 1. The molecule has 20 heavy (non-hydrogen) atoms. The fourth-order valence-electron chi connectivity index (χ4n) is 2.55. The zero-order chi connectivity index (χ0) is 14.7. The zero-order valence-electron chi connectivity index (χ0n) is 11.9. The highest BCUT2D eigenvalue weighted by Crippen LogP contribution is 2.22. The van der Waals surface area contributed by atoms with Crippen LogP contribution in [0.15, 0.2) is 18.2 Å². The molecule has 1 unspecified atom stereocenters. The number of halogens is 1. The van der Waals surface area contributed by atoms with E-state index < -0.39 is 0 Å². The van der Waals surface area contributed by atoms with Crippen LogP contribution in [0.1, 0.15) is 25.3 Å². The summed E-state index contributed by atoms with van der Waals surface area (Å²) in [5.74, 6) is -0.0372. The average Bonchev–Trinajstić information content (AvgIpc) is 2.42. The van der Waals surface area contributed by atoms with Crippen LogP contribution in [0.25, 0.3) is 0 Å². The number of urea groups is 1. The second kappa shape index (κ2) is 6.22. The molecule has 0 aromatic heterocycles. The molecule has 110 valence electrons. The molecule has 0 saturated carbocycles. The Balaban J connectivity index is 1.93. The Bertz CT molecular complexity index is 483. The second-order valence-corrected chi connectivity index (χ2v) is 5.45. The maximum Gasteiger partial charge on any atom is 0.321 e. The average molecular weight is 280 g/mol. The summed E-state index contributed by atoms with van der Waals surface area (Å²) in [6.07, 6.45) is 1.31. The Labute approximate surface area is 118 Å². The van der Waals surface area contributed by atoms with Crippen molar-refractivity contribution in [1.29, 1.82) is 0 Å². The van der Waals surface area contributed by atoms with Crippen molar-refractivity contribution in [2.45, 2.75) is 32.8 Å². The van der Waals surface area contributed by atoms with Gasteiger partial charge in [0, 0.05) is 18.8 Å². The first kappa shape index (κ1) is 14.8. The normalized spacial score (nSPS) is 17.9. The molecule has 1 fully saturated rings. The SMILES string of the molecule is Cc1cc(F)ccc1NC(=O)N1CCC(C(C)O)CC1. The number of benzene rings is 1. The number of rotatable bonds is 2. The van der Waals surface area contributed by atoms with E-state index >= 15 is 0 Å². The topological polar surface area (TPSA) is 52.6 Å². The summed E-state index contributed by atoms with van der Waals surface area (Å²) in [4.78, 5) is 13.9. The molecule has 0 aliphatic carbocycles. The number of likely N-dealkylation sites (tertiary alicyclic amines) is 1. The van der Waals surface area contributed by atoms with Gasteiger partial charge in [0.15, 0.2) is 0 Å². The Hall–Kier alpha value is -1.62. The van der Waals surface area contributed by atoms with E-state index in [1.807, 2.05) is 0 Å². The smallest absolute Gasteiger partial charge is 0.321 e. The van der Waals surface area contributed by atoms with E-state index in [0.29, 0.717) is 24.3 Å². The number of piperidine rings is 1. The van der Waals surface area contributed by atoms with Gasteiger partial charge in [-0.15, -0.1) is 0 Å². The third kappa shape index (κ3) is 3.48. The third-order valence-electron chi connectivity index (χ3n) is 3.94. The lowest BCUT2D eigenvalue weighted by Gasteiger charge is -2.33. The highest BCUT2D eigenvalue weighted by atomic mass is 19.1. The van der Waals surface area contributed by atoms with Gasteiger partial charge in [-0.1, -0.05) is 0 Å². The number of carbonyl (C=O) groups is 1. The van der Waals surface area contributed by atoms with Crippen LogP contribution in [-0.4, -0.2) is 35.2 Å². The number of nitrogens with one attached hydrogen (secondary N) is 1. The maximum atomic E-state index is 13.0. The largest absolute Gasteiger partial charge is 0.393 e. The van der Waals surface area contributed by atoms with Crippen molar-refractivity contribution in [2.24, 2.45) is 5.92 Å². The molecular weight excluding hydrogens is 259 g/mol. The standard InChI is InChI=1S/C15H21FN2O2/c1-10-9-13(16)3-4-14(10)17-15(20)18-7-5-12(6-8-18)11(2)19/h3-4,9,11-12,19H,5-8H2,1-2H3,(H,17,20). The van der Waals surface area contributed by atoms with Gasteiger partial charge < -0.3 is 15.3 Å². The summed E-state index contributed by atoms with van der Waals surface area (Å²) in [5, 5.41) is 12.4. The zero-order valence-corrected chi connectivity index (χ0v) is 11.9. The predicted octanol–water partition coefficient (Wildman–Crippen LogP) is 2.76. The monoisotopic (exact) mass is 280 g/mol. The van der Waals surface area contributed by atoms with E-state index in [-0.39, 0.29) is 23.9 Å². The number of aryl methyl sites for hydroxylation is 1. The van der Waals surface area contributed by atoms with Gasteiger partial charge in [-0.2, -0.15) is 0 Å². The molecule has 2 N–H and O–H groups in total. The molecule has 2 amide bonds. The van der Waals surface area contributed by atoms with Crippen molar-refractivity contribution >= 4 is 11.7 Å². The van der Waals surface area contributed by atoms with Crippen LogP contribution in [-0.2, 0) is 0 Å². The minimum atomic E-state index is -0.320. The molecule has 1 aliphatic rings. The van der Waals surface area contributed by atoms with E-state index in [1.54, 1.807) is 24.8 Å². The van der Waals surface area contributed by atoms with E-state index in [4.69, 9.17) is 0 Å². The fraction of sp³-hybridized carbons (Fsp3) is 0.533. The van der Waals surface area contributed by atoms with Gasteiger partial charge in [-0.25, -0.2) is 9.18 Å². The predicted molar refractivity (Wildman–Crippen MR) is 76.1 cm³/mol. The first-order chi connectivity index (χ1) is 9.47. The van der Waals surface area contributed by atoms with Gasteiger partial charge in [0.2, 0.25) is 0 Å². The summed E-state index contributed by atoms with van der Waals surface area (Å²) < 4.78 is 13.0. The molecule has 1 aromatic carbocycles. The second-order valence-electron chi connectivity index (χ2n) is 5.45. The van der Waals surface area contributed by atoms with Gasteiger partial charge in [-0.3, -0.25) is 0 Å². The number of amides is 2. The Kier molecular flexibility index (Phi) is 4.60. The molecular formula is C15H21FN2O2.